The first kappa shape index (κ1) is 15.8. The Kier molecular flexibility index (Phi) is 5.56. The Hall–Kier alpha value is -1.62. The second-order valence-corrected chi connectivity index (χ2v) is 5.52. The molecule has 2 rings (SSSR count). The molecule has 0 aliphatic heterocycles. The zero-order valence-corrected chi connectivity index (χ0v) is 12.9. The summed E-state index contributed by atoms with van der Waals surface area (Å²) in [7, 11) is 0. The Morgan fingerprint density at radius 2 is 2.14 bits per heavy atom. The summed E-state index contributed by atoms with van der Waals surface area (Å²) in [4.78, 5) is 18.6. The Balaban J connectivity index is 1.87. The molecule has 5 heteroatoms. The largest absolute Gasteiger partial charge is 0.392 e. The highest BCUT2D eigenvalue weighted by Crippen LogP contribution is 2.25. The zero-order chi connectivity index (χ0) is 15.2. The molecule has 2 N–H and O–H groups in total. The van der Waals surface area contributed by atoms with Gasteiger partial charge in [-0.15, -0.1) is 0 Å². The quantitative estimate of drug-likeness (QED) is 0.837. The van der Waals surface area contributed by atoms with Crippen molar-refractivity contribution in [2.24, 2.45) is 5.92 Å². The molecule has 5 nitrogen and oxygen atoms in total. The van der Waals surface area contributed by atoms with Crippen molar-refractivity contribution in [2.45, 2.75) is 45.8 Å². The summed E-state index contributed by atoms with van der Waals surface area (Å²) >= 11 is 0. The minimum atomic E-state index is -0.479. The highest BCUT2D eigenvalue weighted by Gasteiger charge is 2.31. The second-order valence-electron chi connectivity index (χ2n) is 5.52. The summed E-state index contributed by atoms with van der Waals surface area (Å²) in [5, 5.41) is 12.6. The van der Waals surface area contributed by atoms with Gasteiger partial charge in [0.05, 0.1) is 12.0 Å². The lowest BCUT2D eigenvalue weighted by Gasteiger charge is -2.19. The van der Waals surface area contributed by atoms with Crippen LogP contribution in [0.15, 0.2) is 18.3 Å². The molecule has 0 spiro atoms. The van der Waals surface area contributed by atoms with E-state index in [2.05, 4.69) is 29.0 Å². The lowest BCUT2D eigenvalue weighted by atomic mass is 10.1. The van der Waals surface area contributed by atoms with Gasteiger partial charge in [0.25, 0.3) is 0 Å². The number of aliphatic hydroxyl groups is 1. The molecule has 1 amide bonds. The van der Waals surface area contributed by atoms with Gasteiger partial charge in [-0.3, -0.25) is 4.79 Å². The van der Waals surface area contributed by atoms with E-state index in [1.165, 1.54) is 0 Å². The molecule has 1 heterocycles. The Morgan fingerprint density at radius 1 is 1.38 bits per heavy atom. The van der Waals surface area contributed by atoms with Gasteiger partial charge in [-0.1, -0.05) is 6.07 Å². The van der Waals surface area contributed by atoms with Gasteiger partial charge in [-0.05, 0) is 44.7 Å². The first-order valence-electron chi connectivity index (χ1n) is 7.81. The molecule has 0 saturated heterocycles. The summed E-state index contributed by atoms with van der Waals surface area (Å²) < 4.78 is 0. The predicted octanol–water partition coefficient (Wildman–Crippen LogP) is 1.70. The third-order valence-corrected chi connectivity index (χ3v) is 4.18. The molecule has 1 aliphatic rings. The van der Waals surface area contributed by atoms with E-state index < -0.39 is 6.10 Å². The maximum absolute atomic E-state index is 12.0. The smallest absolute Gasteiger partial charge is 0.225 e. The second kappa shape index (κ2) is 7.41. The Bertz CT molecular complexity index is 457. The highest BCUT2D eigenvalue weighted by molar-refractivity contribution is 5.79. The monoisotopic (exact) mass is 291 g/mol. The molecule has 2 atom stereocenters. The van der Waals surface area contributed by atoms with Crippen LogP contribution in [0, 0.1) is 5.92 Å². The van der Waals surface area contributed by atoms with Crippen LogP contribution in [-0.2, 0) is 11.3 Å². The highest BCUT2D eigenvalue weighted by atomic mass is 16.3. The van der Waals surface area contributed by atoms with E-state index in [0.29, 0.717) is 6.54 Å². The molecule has 2 unspecified atom stereocenters. The number of aliphatic hydroxyl groups excluding tert-OH is 1. The summed E-state index contributed by atoms with van der Waals surface area (Å²) in [6.07, 6.45) is 3.77. The normalized spacial score (nSPS) is 21.3. The van der Waals surface area contributed by atoms with Crippen LogP contribution in [0.25, 0.3) is 0 Å². The topological polar surface area (TPSA) is 65.5 Å². The lowest BCUT2D eigenvalue weighted by Crippen LogP contribution is -2.34. The van der Waals surface area contributed by atoms with E-state index in [1.807, 2.05) is 12.1 Å². The van der Waals surface area contributed by atoms with Crippen LogP contribution in [-0.4, -0.2) is 35.2 Å². The average Bonchev–Trinajstić information content (AvgIpc) is 2.93. The minimum absolute atomic E-state index is 0.0483. The van der Waals surface area contributed by atoms with Crippen molar-refractivity contribution in [2.75, 3.05) is 18.0 Å². The SMILES string of the molecule is CCN(CC)c1ccc(CNC(=O)C2CCCC2O)cn1. The fourth-order valence-corrected chi connectivity index (χ4v) is 2.82. The average molecular weight is 291 g/mol. The molecule has 0 aromatic carbocycles. The van der Waals surface area contributed by atoms with E-state index in [4.69, 9.17) is 0 Å². The number of hydrogen-bond donors (Lipinski definition) is 2. The van der Waals surface area contributed by atoms with E-state index in [1.54, 1.807) is 6.20 Å². The van der Waals surface area contributed by atoms with Crippen molar-refractivity contribution in [3.63, 3.8) is 0 Å². The molecule has 116 valence electrons. The summed E-state index contributed by atoms with van der Waals surface area (Å²) in [5.41, 5.74) is 0.978. The van der Waals surface area contributed by atoms with Gasteiger partial charge < -0.3 is 15.3 Å². The van der Waals surface area contributed by atoms with Crippen LogP contribution in [0.3, 0.4) is 0 Å². The van der Waals surface area contributed by atoms with Crippen LogP contribution in [0.5, 0.6) is 0 Å². The molecule has 1 aliphatic carbocycles. The Morgan fingerprint density at radius 3 is 2.67 bits per heavy atom. The number of rotatable bonds is 6. The number of hydrogen-bond acceptors (Lipinski definition) is 4. The third-order valence-electron chi connectivity index (χ3n) is 4.18. The molecule has 1 saturated carbocycles. The molecule has 1 fully saturated rings. The number of nitrogens with one attached hydrogen (secondary N) is 1. The van der Waals surface area contributed by atoms with E-state index in [-0.39, 0.29) is 11.8 Å². The van der Waals surface area contributed by atoms with E-state index >= 15 is 0 Å². The van der Waals surface area contributed by atoms with Gasteiger partial charge in [0, 0.05) is 25.8 Å². The number of nitrogens with zero attached hydrogens (tertiary/aromatic N) is 2. The lowest BCUT2D eigenvalue weighted by molar-refractivity contribution is -0.127. The summed E-state index contributed by atoms with van der Waals surface area (Å²) in [6, 6.07) is 3.98. The maximum atomic E-state index is 12.0. The number of carbonyl (C=O) groups is 1. The third kappa shape index (κ3) is 3.94. The molecule has 1 aromatic rings. The van der Waals surface area contributed by atoms with Crippen LogP contribution >= 0.6 is 0 Å². The molecular formula is C16H25N3O2. The number of amides is 1. The number of anilines is 1. The van der Waals surface area contributed by atoms with Gasteiger partial charge in [0.1, 0.15) is 5.82 Å². The summed E-state index contributed by atoms with van der Waals surface area (Å²) in [5.74, 6) is 0.669. The van der Waals surface area contributed by atoms with Crippen molar-refractivity contribution in [3.05, 3.63) is 23.9 Å². The van der Waals surface area contributed by atoms with Gasteiger partial charge >= 0.3 is 0 Å². The van der Waals surface area contributed by atoms with Crippen molar-refractivity contribution < 1.29 is 9.90 Å². The standard InChI is InChI=1S/C16H25N3O2/c1-3-19(4-2)15-9-8-12(10-17-15)11-18-16(21)13-6-5-7-14(13)20/h8-10,13-14,20H,3-7,11H2,1-2H3,(H,18,21). The van der Waals surface area contributed by atoms with E-state index in [9.17, 15) is 9.90 Å². The van der Waals surface area contributed by atoms with Crippen molar-refractivity contribution >= 4 is 11.7 Å². The Labute approximate surface area is 126 Å². The first-order chi connectivity index (χ1) is 10.2. The van der Waals surface area contributed by atoms with Crippen LogP contribution < -0.4 is 10.2 Å². The van der Waals surface area contributed by atoms with Crippen LogP contribution in [0.2, 0.25) is 0 Å². The molecule has 0 radical (unpaired) electrons. The van der Waals surface area contributed by atoms with Gasteiger partial charge in [0.15, 0.2) is 0 Å². The number of carbonyl (C=O) groups excluding carboxylic acids is 1. The zero-order valence-electron chi connectivity index (χ0n) is 12.9. The van der Waals surface area contributed by atoms with Gasteiger partial charge in [-0.25, -0.2) is 4.98 Å². The van der Waals surface area contributed by atoms with Gasteiger partial charge in [0.2, 0.25) is 5.91 Å². The van der Waals surface area contributed by atoms with Crippen molar-refractivity contribution in [1.82, 2.24) is 10.3 Å². The number of pyridine rings is 1. The molecular weight excluding hydrogens is 266 g/mol. The maximum Gasteiger partial charge on any atom is 0.225 e. The summed E-state index contributed by atoms with van der Waals surface area (Å²) in [6.45, 7) is 6.53. The van der Waals surface area contributed by atoms with Crippen LogP contribution in [0.1, 0.15) is 38.7 Å². The molecule has 0 bridgehead atoms. The van der Waals surface area contributed by atoms with E-state index in [0.717, 1.165) is 43.7 Å². The fourth-order valence-electron chi connectivity index (χ4n) is 2.82. The van der Waals surface area contributed by atoms with Crippen LogP contribution in [0.4, 0.5) is 5.82 Å². The van der Waals surface area contributed by atoms with Crippen molar-refractivity contribution in [1.29, 1.82) is 0 Å². The van der Waals surface area contributed by atoms with Gasteiger partial charge in [-0.2, -0.15) is 0 Å². The minimum Gasteiger partial charge on any atom is -0.392 e. The van der Waals surface area contributed by atoms with Crippen molar-refractivity contribution in [3.8, 4) is 0 Å². The predicted molar refractivity (Wildman–Crippen MR) is 83.0 cm³/mol. The fraction of sp³-hybridized carbons (Fsp3) is 0.625. The first-order valence-corrected chi connectivity index (χ1v) is 7.81. The molecule has 1 aromatic heterocycles. The molecule has 21 heavy (non-hydrogen) atoms. The number of aromatic nitrogens is 1.